The lowest BCUT2D eigenvalue weighted by atomic mass is 9.67. The standard InChI is InChI=1S/C17H31NO5/c1-15(2,3)12-7-9-17(10-8-12,11-13(19)20)23-18-14(21)22-16(4,5)6/h12H,7-11H2,1-6H3,(H,18,21)(H,19,20). The van der Waals surface area contributed by atoms with Crippen LogP contribution in [0.4, 0.5) is 4.79 Å². The molecule has 0 aliphatic heterocycles. The highest BCUT2D eigenvalue weighted by Gasteiger charge is 2.42. The van der Waals surface area contributed by atoms with E-state index in [9.17, 15) is 14.7 Å². The molecule has 0 radical (unpaired) electrons. The second-order valence-electron chi connectivity index (χ2n) is 8.60. The first-order chi connectivity index (χ1) is 10.3. The molecule has 1 rings (SSSR count). The number of hydroxylamine groups is 1. The topological polar surface area (TPSA) is 84.9 Å². The van der Waals surface area contributed by atoms with Gasteiger partial charge >= 0.3 is 12.1 Å². The summed E-state index contributed by atoms with van der Waals surface area (Å²) < 4.78 is 5.13. The number of hydrogen-bond donors (Lipinski definition) is 2. The van der Waals surface area contributed by atoms with Crippen LogP contribution in [0.15, 0.2) is 0 Å². The van der Waals surface area contributed by atoms with E-state index in [0.717, 1.165) is 12.8 Å². The van der Waals surface area contributed by atoms with Crippen LogP contribution < -0.4 is 5.48 Å². The molecule has 0 aromatic carbocycles. The maximum absolute atomic E-state index is 11.7. The van der Waals surface area contributed by atoms with Crippen molar-refractivity contribution in [3.05, 3.63) is 0 Å². The van der Waals surface area contributed by atoms with Crippen molar-refractivity contribution in [1.29, 1.82) is 0 Å². The molecule has 2 N–H and O–H groups in total. The molecule has 0 aromatic heterocycles. The van der Waals surface area contributed by atoms with E-state index in [4.69, 9.17) is 9.57 Å². The molecule has 0 spiro atoms. The summed E-state index contributed by atoms with van der Waals surface area (Å²) in [6.45, 7) is 11.9. The monoisotopic (exact) mass is 329 g/mol. The van der Waals surface area contributed by atoms with Crippen molar-refractivity contribution in [2.45, 2.75) is 84.8 Å². The molecule has 1 aliphatic rings. The molecule has 0 saturated heterocycles. The number of aliphatic carboxylic acids is 1. The Bertz CT molecular complexity index is 425. The van der Waals surface area contributed by atoms with E-state index in [0.29, 0.717) is 18.8 Å². The van der Waals surface area contributed by atoms with Crippen LogP contribution in [0.1, 0.15) is 73.6 Å². The first kappa shape index (κ1) is 19.7. The first-order valence-corrected chi connectivity index (χ1v) is 8.22. The summed E-state index contributed by atoms with van der Waals surface area (Å²) in [5.41, 5.74) is 0.988. The van der Waals surface area contributed by atoms with Crippen molar-refractivity contribution in [2.24, 2.45) is 11.3 Å². The molecule has 23 heavy (non-hydrogen) atoms. The third-order valence-electron chi connectivity index (χ3n) is 4.34. The van der Waals surface area contributed by atoms with Crippen molar-refractivity contribution in [1.82, 2.24) is 5.48 Å². The van der Waals surface area contributed by atoms with Gasteiger partial charge in [0, 0.05) is 0 Å². The second-order valence-corrected chi connectivity index (χ2v) is 8.60. The van der Waals surface area contributed by atoms with Crippen LogP contribution in [0.5, 0.6) is 0 Å². The van der Waals surface area contributed by atoms with Gasteiger partial charge in [0.25, 0.3) is 0 Å². The van der Waals surface area contributed by atoms with Gasteiger partial charge < -0.3 is 9.84 Å². The number of ether oxygens (including phenoxy) is 1. The van der Waals surface area contributed by atoms with Gasteiger partial charge in [-0.25, -0.2) is 4.79 Å². The fourth-order valence-corrected chi connectivity index (χ4v) is 3.05. The molecule has 6 heteroatoms. The number of carboxylic acid groups (broad SMARTS) is 1. The fourth-order valence-electron chi connectivity index (χ4n) is 3.05. The number of rotatable bonds is 4. The first-order valence-electron chi connectivity index (χ1n) is 8.22. The number of carboxylic acids is 1. The third kappa shape index (κ3) is 6.77. The molecule has 0 atom stereocenters. The Hall–Kier alpha value is -1.30. The van der Waals surface area contributed by atoms with Crippen LogP contribution in [-0.2, 0) is 14.4 Å². The molecule has 1 aliphatic carbocycles. The largest absolute Gasteiger partial charge is 0.481 e. The highest BCUT2D eigenvalue weighted by atomic mass is 16.7. The average Bonchev–Trinajstić information content (AvgIpc) is 2.33. The predicted octanol–water partition coefficient (Wildman–Crippen LogP) is 3.89. The van der Waals surface area contributed by atoms with Crippen LogP contribution in [-0.4, -0.2) is 28.4 Å². The molecule has 1 amide bonds. The molecule has 6 nitrogen and oxygen atoms in total. The SMILES string of the molecule is CC(C)(C)OC(=O)NOC1(CC(=O)O)CCC(C(C)(C)C)CC1. The van der Waals surface area contributed by atoms with Crippen LogP contribution >= 0.6 is 0 Å². The van der Waals surface area contributed by atoms with Crippen molar-refractivity contribution in [2.75, 3.05) is 0 Å². The minimum atomic E-state index is -0.926. The highest BCUT2D eigenvalue weighted by molar-refractivity contribution is 5.68. The Morgan fingerprint density at radius 2 is 1.65 bits per heavy atom. The van der Waals surface area contributed by atoms with Crippen LogP contribution in [0.25, 0.3) is 0 Å². The van der Waals surface area contributed by atoms with Gasteiger partial charge in [-0.15, -0.1) is 0 Å². The summed E-state index contributed by atoms with van der Waals surface area (Å²) in [6, 6.07) is 0. The Kier molecular flexibility index (Phi) is 6.07. The van der Waals surface area contributed by atoms with E-state index in [-0.39, 0.29) is 11.8 Å². The van der Waals surface area contributed by atoms with Gasteiger partial charge in [0.2, 0.25) is 0 Å². The molecule has 0 aromatic rings. The van der Waals surface area contributed by atoms with E-state index in [1.54, 1.807) is 20.8 Å². The van der Waals surface area contributed by atoms with Crippen molar-refractivity contribution in [3.8, 4) is 0 Å². The molecule has 0 unspecified atom stereocenters. The lowest BCUT2D eigenvalue weighted by Crippen LogP contribution is -2.47. The van der Waals surface area contributed by atoms with Gasteiger partial charge in [-0.3, -0.25) is 9.63 Å². The van der Waals surface area contributed by atoms with Crippen LogP contribution in [0.2, 0.25) is 0 Å². The summed E-state index contributed by atoms with van der Waals surface area (Å²) in [4.78, 5) is 28.5. The lowest BCUT2D eigenvalue weighted by molar-refractivity contribution is -0.162. The highest BCUT2D eigenvalue weighted by Crippen LogP contribution is 2.43. The normalized spacial score (nSPS) is 25.7. The summed E-state index contributed by atoms with van der Waals surface area (Å²) in [7, 11) is 0. The van der Waals surface area contributed by atoms with Gasteiger partial charge in [0.15, 0.2) is 0 Å². The van der Waals surface area contributed by atoms with E-state index in [1.807, 2.05) is 0 Å². The average molecular weight is 329 g/mol. The minimum absolute atomic E-state index is 0.125. The fraction of sp³-hybridized carbons (Fsp3) is 0.882. The summed E-state index contributed by atoms with van der Waals surface area (Å²) in [5, 5.41) is 9.18. The molecular formula is C17H31NO5. The summed E-state index contributed by atoms with van der Waals surface area (Å²) >= 11 is 0. The van der Waals surface area contributed by atoms with Crippen LogP contribution in [0, 0.1) is 11.3 Å². The van der Waals surface area contributed by atoms with Crippen molar-refractivity contribution < 1.29 is 24.3 Å². The van der Waals surface area contributed by atoms with E-state index >= 15 is 0 Å². The van der Waals surface area contributed by atoms with Gasteiger partial charge in [-0.2, -0.15) is 5.48 Å². The number of amides is 1. The Morgan fingerprint density at radius 1 is 1.13 bits per heavy atom. The van der Waals surface area contributed by atoms with Gasteiger partial charge in [-0.05, 0) is 57.8 Å². The Morgan fingerprint density at radius 3 is 2.04 bits per heavy atom. The van der Waals surface area contributed by atoms with Gasteiger partial charge in [0.1, 0.15) is 11.2 Å². The molecule has 1 fully saturated rings. The number of carbonyl (C=O) groups is 2. The smallest absolute Gasteiger partial charge is 0.431 e. The summed E-state index contributed by atoms with van der Waals surface area (Å²) in [6.07, 6.45) is 2.16. The van der Waals surface area contributed by atoms with Gasteiger partial charge in [-0.1, -0.05) is 20.8 Å². The maximum Gasteiger partial charge on any atom is 0.431 e. The maximum atomic E-state index is 11.7. The molecule has 0 bridgehead atoms. The number of nitrogens with one attached hydrogen (secondary N) is 1. The zero-order valence-electron chi connectivity index (χ0n) is 15.2. The third-order valence-corrected chi connectivity index (χ3v) is 4.34. The summed E-state index contributed by atoms with van der Waals surface area (Å²) in [5.74, 6) is -0.403. The van der Waals surface area contributed by atoms with Crippen molar-refractivity contribution in [3.63, 3.8) is 0 Å². The van der Waals surface area contributed by atoms with Crippen molar-refractivity contribution >= 4 is 12.1 Å². The molecule has 134 valence electrons. The Labute approximate surface area is 138 Å². The van der Waals surface area contributed by atoms with Crippen LogP contribution in [0.3, 0.4) is 0 Å². The molecular weight excluding hydrogens is 298 g/mol. The quantitative estimate of drug-likeness (QED) is 0.764. The Balaban J connectivity index is 2.67. The van der Waals surface area contributed by atoms with E-state index < -0.39 is 23.3 Å². The minimum Gasteiger partial charge on any atom is -0.481 e. The van der Waals surface area contributed by atoms with E-state index in [2.05, 4.69) is 26.3 Å². The van der Waals surface area contributed by atoms with Gasteiger partial charge in [0.05, 0.1) is 6.42 Å². The number of carbonyl (C=O) groups excluding carboxylic acids is 1. The lowest BCUT2D eigenvalue weighted by Gasteiger charge is -2.42. The van der Waals surface area contributed by atoms with E-state index in [1.165, 1.54) is 0 Å². The molecule has 1 saturated carbocycles. The molecule has 0 heterocycles. The zero-order chi connectivity index (χ0) is 17.9. The zero-order valence-corrected chi connectivity index (χ0v) is 15.2. The second kappa shape index (κ2) is 7.07. The predicted molar refractivity (Wildman–Crippen MR) is 86.9 cm³/mol. The number of hydrogen-bond acceptors (Lipinski definition) is 4.